The molecule has 0 bridgehead atoms. The second-order valence-corrected chi connectivity index (χ2v) is 9.09. The first-order chi connectivity index (χ1) is 16.4. The second kappa shape index (κ2) is 10.7. The van der Waals surface area contributed by atoms with Crippen molar-refractivity contribution in [2.45, 2.75) is 38.6 Å². The molecule has 8 nitrogen and oxygen atoms in total. The minimum atomic E-state index is -0.709. The van der Waals surface area contributed by atoms with E-state index in [2.05, 4.69) is 51.0 Å². The summed E-state index contributed by atoms with van der Waals surface area (Å²) in [5.74, 6) is -1.54. The predicted octanol–water partition coefficient (Wildman–Crippen LogP) is 2.92. The molecule has 180 valence electrons. The van der Waals surface area contributed by atoms with Crippen LogP contribution in [-0.4, -0.2) is 55.8 Å². The van der Waals surface area contributed by atoms with Gasteiger partial charge in [-0.3, -0.25) is 19.3 Å². The number of hydrogen-bond donors (Lipinski definition) is 3. The van der Waals surface area contributed by atoms with Crippen molar-refractivity contribution in [3.63, 3.8) is 0 Å². The van der Waals surface area contributed by atoms with Crippen molar-refractivity contribution in [2.24, 2.45) is 0 Å². The van der Waals surface area contributed by atoms with Crippen LogP contribution in [0.25, 0.3) is 0 Å². The molecule has 8 heteroatoms. The largest absolute Gasteiger partial charge is 0.374 e. The number of carbonyl (C=O) groups excluding carboxylic acids is 3. The first-order valence-electron chi connectivity index (χ1n) is 12.0. The Kier molecular flexibility index (Phi) is 7.47. The van der Waals surface area contributed by atoms with Crippen LogP contribution in [-0.2, 0) is 20.8 Å². The third-order valence-corrected chi connectivity index (χ3v) is 6.55. The molecule has 34 heavy (non-hydrogen) atoms. The molecular formula is C26H33N5O3. The smallest absolute Gasteiger partial charge is 0.313 e. The van der Waals surface area contributed by atoms with Gasteiger partial charge < -0.3 is 20.9 Å². The van der Waals surface area contributed by atoms with E-state index in [1.165, 1.54) is 23.7 Å². The third-order valence-electron chi connectivity index (χ3n) is 6.55. The summed E-state index contributed by atoms with van der Waals surface area (Å²) < 4.78 is 0. The lowest BCUT2D eigenvalue weighted by Crippen LogP contribution is -2.41. The van der Waals surface area contributed by atoms with Gasteiger partial charge in [-0.1, -0.05) is 12.1 Å². The quantitative estimate of drug-likeness (QED) is 0.573. The van der Waals surface area contributed by atoms with Crippen molar-refractivity contribution in [3.05, 3.63) is 53.6 Å². The summed E-state index contributed by atoms with van der Waals surface area (Å²) in [6.45, 7) is 4.86. The van der Waals surface area contributed by atoms with Crippen LogP contribution in [0, 0.1) is 0 Å². The molecule has 2 aliphatic heterocycles. The fourth-order valence-corrected chi connectivity index (χ4v) is 4.82. The van der Waals surface area contributed by atoms with Crippen LogP contribution in [0.2, 0.25) is 0 Å². The molecule has 3 amide bonds. The monoisotopic (exact) mass is 463 g/mol. The molecule has 0 aliphatic carbocycles. The highest BCUT2D eigenvalue weighted by molar-refractivity contribution is 6.39. The summed E-state index contributed by atoms with van der Waals surface area (Å²) in [6, 6.07) is 13.3. The molecule has 1 fully saturated rings. The Morgan fingerprint density at radius 1 is 0.882 bits per heavy atom. The first-order valence-corrected chi connectivity index (χ1v) is 12.0. The minimum absolute atomic E-state index is 0.0359. The maximum atomic E-state index is 12.6. The Balaban J connectivity index is 1.40. The normalized spacial score (nSPS) is 16.5. The zero-order valence-electron chi connectivity index (χ0n) is 19.9. The summed E-state index contributed by atoms with van der Waals surface area (Å²) in [6.07, 6.45) is 4.50. The SMILES string of the molecule is CC(=O)Nc1ccc(NC(=O)C(=O)NC[C@H](c2ccc3c(c2)CCCN3C)N2CCCC2)cc1. The summed E-state index contributed by atoms with van der Waals surface area (Å²) in [4.78, 5) is 40.9. The number of carbonyl (C=O) groups is 3. The summed E-state index contributed by atoms with van der Waals surface area (Å²) in [5, 5.41) is 8.13. The molecule has 2 aromatic carbocycles. The number of nitrogens with zero attached hydrogens (tertiary/aromatic N) is 2. The Morgan fingerprint density at radius 3 is 2.24 bits per heavy atom. The van der Waals surface area contributed by atoms with Gasteiger partial charge in [-0.25, -0.2) is 0 Å². The van der Waals surface area contributed by atoms with Crippen molar-refractivity contribution < 1.29 is 14.4 Å². The number of benzene rings is 2. The van der Waals surface area contributed by atoms with Gasteiger partial charge >= 0.3 is 11.8 Å². The minimum Gasteiger partial charge on any atom is -0.374 e. The highest BCUT2D eigenvalue weighted by atomic mass is 16.2. The molecule has 2 aromatic rings. The predicted molar refractivity (Wildman–Crippen MR) is 134 cm³/mol. The van der Waals surface area contributed by atoms with Crippen molar-refractivity contribution in [3.8, 4) is 0 Å². The van der Waals surface area contributed by atoms with Gasteiger partial charge in [0.1, 0.15) is 0 Å². The maximum Gasteiger partial charge on any atom is 0.313 e. The van der Waals surface area contributed by atoms with Crippen LogP contribution in [0.5, 0.6) is 0 Å². The van der Waals surface area contributed by atoms with Gasteiger partial charge in [0, 0.05) is 44.1 Å². The van der Waals surface area contributed by atoms with Crippen molar-refractivity contribution >= 4 is 34.8 Å². The molecule has 3 N–H and O–H groups in total. The van der Waals surface area contributed by atoms with Crippen LogP contribution in [0.1, 0.15) is 43.4 Å². The second-order valence-electron chi connectivity index (χ2n) is 9.09. The zero-order valence-corrected chi connectivity index (χ0v) is 19.9. The van der Waals surface area contributed by atoms with Crippen LogP contribution >= 0.6 is 0 Å². The Labute approximate surface area is 200 Å². The fraction of sp³-hybridized carbons (Fsp3) is 0.423. The van der Waals surface area contributed by atoms with E-state index in [0.29, 0.717) is 17.9 Å². The topological polar surface area (TPSA) is 93.8 Å². The number of amides is 3. The number of rotatable bonds is 6. The molecule has 0 saturated carbocycles. The van der Waals surface area contributed by atoms with E-state index in [9.17, 15) is 14.4 Å². The molecule has 0 unspecified atom stereocenters. The van der Waals surface area contributed by atoms with E-state index < -0.39 is 11.8 Å². The number of aryl methyl sites for hydroxylation is 1. The fourth-order valence-electron chi connectivity index (χ4n) is 4.82. The average Bonchev–Trinajstić information content (AvgIpc) is 3.35. The number of likely N-dealkylation sites (tertiary alicyclic amines) is 1. The average molecular weight is 464 g/mol. The lowest BCUT2D eigenvalue weighted by atomic mass is 9.96. The van der Waals surface area contributed by atoms with Gasteiger partial charge in [0.2, 0.25) is 5.91 Å². The van der Waals surface area contributed by atoms with Crippen LogP contribution in [0.15, 0.2) is 42.5 Å². The highest BCUT2D eigenvalue weighted by Gasteiger charge is 2.26. The summed E-state index contributed by atoms with van der Waals surface area (Å²) >= 11 is 0. The van der Waals surface area contributed by atoms with E-state index in [0.717, 1.165) is 45.3 Å². The number of hydrogen-bond acceptors (Lipinski definition) is 5. The van der Waals surface area contributed by atoms with Crippen LogP contribution < -0.4 is 20.9 Å². The van der Waals surface area contributed by atoms with Crippen molar-refractivity contribution in [1.29, 1.82) is 0 Å². The number of fused-ring (bicyclic) bond motifs is 1. The van der Waals surface area contributed by atoms with E-state index in [-0.39, 0.29) is 11.9 Å². The van der Waals surface area contributed by atoms with E-state index in [1.54, 1.807) is 24.3 Å². The molecular weight excluding hydrogens is 430 g/mol. The van der Waals surface area contributed by atoms with Gasteiger partial charge in [0.15, 0.2) is 0 Å². The lowest BCUT2D eigenvalue weighted by Gasteiger charge is -2.31. The van der Waals surface area contributed by atoms with Crippen molar-refractivity contribution in [2.75, 3.05) is 48.8 Å². The van der Waals surface area contributed by atoms with Gasteiger partial charge in [0.05, 0.1) is 6.04 Å². The Bertz CT molecular complexity index is 1050. The van der Waals surface area contributed by atoms with Gasteiger partial charge in [0.25, 0.3) is 0 Å². The van der Waals surface area contributed by atoms with Crippen molar-refractivity contribution in [1.82, 2.24) is 10.2 Å². The van der Waals surface area contributed by atoms with Crippen LogP contribution in [0.4, 0.5) is 17.1 Å². The molecule has 0 spiro atoms. The maximum absolute atomic E-state index is 12.6. The molecule has 1 saturated heterocycles. The highest BCUT2D eigenvalue weighted by Crippen LogP contribution is 2.31. The van der Waals surface area contributed by atoms with E-state index in [1.807, 2.05) is 0 Å². The van der Waals surface area contributed by atoms with Gasteiger partial charge in [-0.15, -0.1) is 0 Å². The van der Waals surface area contributed by atoms with E-state index in [4.69, 9.17) is 0 Å². The van der Waals surface area contributed by atoms with Gasteiger partial charge in [-0.05, 0) is 80.2 Å². The Morgan fingerprint density at radius 2 is 1.56 bits per heavy atom. The number of anilines is 3. The molecule has 0 radical (unpaired) electrons. The lowest BCUT2D eigenvalue weighted by molar-refractivity contribution is -0.136. The molecule has 0 aromatic heterocycles. The standard InChI is InChI=1S/C26H33N5O3/c1-18(32)28-21-8-10-22(11-9-21)29-26(34)25(33)27-17-24(31-14-3-4-15-31)20-7-12-23-19(16-20)6-5-13-30(23)2/h7-12,16,24H,3-6,13-15,17H2,1-2H3,(H,27,33)(H,28,32)(H,29,34)/t24-/m1/s1. The molecule has 1 atom stereocenters. The molecule has 4 rings (SSSR count). The molecule has 2 heterocycles. The van der Waals surface area contributed by atoms with E-state index >= 15 is 0 Å². The van der Waals surface area contributed by atoms with Crippen LogP contribution in [0.3, 0.4) is 0 Å². The summed E-state index contributed by atoms with van der Waals surface area (Å²) in [5.41, 5.74) is 4.93. The summed E-state index contributed by atoms with van der Waals surface area (Å²) in [7, 11) is 2.13. The third kappa shape index (κ3) is 5.75. The first kappa shape index (κ1) is 23.8. The number of nitrogens with one attached hydrogen (secondary N) is 3. The molecule has 2 aliphatic rings. The van der Waals surface area contributed by atoms with Gasteiger partial charge in [-0.2, -0.15) is 0 Å². The Hall–Kier alpha value is -3.39. The zero-order chi connectivity index (χ0) is 24.1.